The van der Waals surface area contributed by atoms with E-state index < -0.39 is 0 Å². The number of allylic oxidation sites excluding steroid dienone is 1. The molecule has 0 spiro atoms. The van der Waals surface area contributed by atoms with Crippen molar-refractivity contribution in [1.82, 2.24) is 5.32 Å². The summed E-state index contributed by atoms with van der Waals surface area (Å²) < 4.78 is 5.24. The third kappa shape index (κ3) is 3.12. The van der Waals surface area contributed by atoms with Crippen molar-refractivity contribution in [3.05, 3.63) is 42.0 Å². The van der Waals surface area contributed by atoms with Crippen molar-refractivity contribution < 1.29 is 9.53 Å². The SMILES string of the molecule is C/C=C/C(=O)N[C@@H](C)c1ccccc1OC. The summed E-state index contributed by atoms with van der Waals surface area (Å²) in [5.74, 6) is 0.691. The second-order valence-corrected chi connectivity index (χ2v) is 3.47. The fourth-order valence-corrected chi connectivity index (χ4v) is 1.51. The average molecular weight is 219 g/mol. The van der Waals surface area contributed by atoms with Gasteiger partial charge in [-0.15, -0.1) is 0 Å². The minimum Gasteiger partial charge on any atom is -0.496 e. The van der Waals surface area contributed by atoms with Crippen molar-refractivity contribution in [3.8, 4) is 5.75 Å². The van der Waals surface area contributed by atoms with Crippen LogP contribution in [0.3, 0.4) is 0 Å². The van der Waals surface area contributed by atoms with E-state index in [1.54, 1.807) is 13.2 Å². The average Bonchev–Trinajstić information content (AvgIpc) is 2.29. The van der Waals surface area contributed by atoms with E-state index in [9.17, 15) is 4.79 Å². The van der Waals surface area contributed by atoms with E-state index in [1.165, 1.54) is 6.08 Å². The Morgan fingerprint density at radius 2 is 2.12 bits per heavy atom. The predicted molar refractivity (Wildman–Crippen MR) is 64.4 cm³/mol. The van der Waals surface area contributed by atoms with Gasteiger partial charge in [-0.2, -0.15) is 0 Å². The van der Waals surface area contributed by atoms with Crippen molar-refractivity contribution in [3.63, 3.8) is 0 Å². The molecule has 0 fully saturated rings. The molecule has 0 bridgehead atoms. The fraction of sp³-hybridized carbons (Fsp3) is 0.308. The molecule has 0 aliphatic heterocycles. The molecule has 0 saturated carbocycles. The summed E-state index contributed by atoms with van der Waals surface area (Å²) in [6, 6.07) is 7.59. The van der Waals surface area contributed by atoms with Crippen LogP contribution >= 0.6 is 0 Å². The summed E-state index contributed by atoms with van der Waals surface area (Å²) in [6.07, 6.45) is 3.22. The van der Waals surface area contributed by atoms with Crippen LogP contribution < -0.4 is 10.1 Å². The molecule has 0 radical (unpaired) electrons. The van der Waals surface area contributed by atoms with E-state index in [1.807, 2.05) is 38.1 Å². The lowest BCUT2D eigenvalue weighted by Gasteiger charge is -2.16. The lowest BCUT2D eigenvalue weighted by Crippen LogP contribution is -2.24. The van der Waals surface area contributed by atoms with E-state index in [0.29, 0.717) is 0 Å². The molecule has 1 aromatic rings. The zero-order valence-corrected chi connectivity index (χ0v) is 9.86. The summed E-state index contributed by atoms with van der Waals surface area (Å²) in [5.41, 5.74) is 0.975. The van der Waals surface area contributed by atoms with Gasteiger partial charge in [0.2, 0.25) is 5.91 Å². The second-order valence-electron chi connectivity index (χ2n) is 3.47. The summed E-state index contributed by atoms with van der Waals surface area (Å²) in [7, 11) is 1.62. The molecule has 3 heteroatoms. The van der Waals surface area contributed by atoms with Gasteiger partial charge in [0.05, 0.1) is 13.2 Å². The minimum absolute atomic E-state index is 0.0696. The van der Waals surface area contributed by atoms with Gasteiger partial charge in [0, 0.05) is 5.56 Å². The number of hydrogen-bond donors (Lipinski definition) is 1. The summed E-state index contributed by atoms with van der Waals surface area (Å²) in [5, 5.41) is 2.87. The third-order valence-electron chi connectivity index (χ3n) is 2.28. The highest BCUT2D eigenvalue weighted by Crippen LogP contribution is 2.24. The largest absolute Gasteiger partial charge is 0.496 e. The summed E-state index contributed by atoms with van der Waals surface area (Å²) in [4.78, 5) is 11.4. The van der Waals surface area contributed by atoms with Crippen LogP contribution in [0, 0.1) is 0 Å². The van der Waals surface area contributed by atoms with Gasteiger partial charge in [-0.25, -0.2) is 0 Å². The van der Waals surface area contributed by atoms with E-state index >= 15 is 0 Å². The number of amides is 1. The van der Waals surface area contributed by atoms with E-state index in [0.717, 1.165) is 11.3 Å². The molecule has 1 rings (SSSR count). The van der Waals surface area contributed by atoms with E-state index in [4.69, 9.17) is 4.74 Å². The van der Waals surface area contributed by atoms with Gasteiger partial charge < -0.3 is 10.1 Å². The molecule has 16 heavy (non-hydrogen) atoms. The number of ether oxygens (including phenoxy) is 1. The number of methoxy groups -OCH3 is 1. The van der Waals surface area contributed by atoms with Gasteiger partial charge in [0.25, 0.3) is 0 Å². The summed E-state index contributed by atoms with van der Waals surface area (Å²) >= 11 is 0. The first kappa shape index (κ1) is 12.3. The van der Waals surface area contributed by atoms with Gasteiger partial charge in [0.1, 0.15) is 5.75 Å². The van der Waals surface area contributed by atoms with Crippen LogP contribution in [0.15, 0.2) is 36.4 Å². The number of hydrogen-bond acceptors (Lipinski definition) is 2. The molecule has 1 amide bonds. The zero-order chi connectivity index (χ0) is 12.0. The number of para-hydroxylation sites is 1. The van der Waals surface area contributed by atoms with Crippen molar-refractivity contribution in [2.24, 2.45) is 0 Å². The Kier molecular flexibility index (Phi) is 4.58. The van der Waals surface area contributed by atoms with E-state index in [2.05, 4.69) is 5.32 Å². The fourth-order valence-electron chi connectivity index (χ4n) is 1.51. The second kappa shape index (κ2) is 5.95. The maximum absolute atomic E-state index is 11.4. The van der Waals surface area contributed by atoms with Gasteiger partial charge in [-0.05, 0) is 26.0 Å². The van der Waals surface area contributed by atoms with Crippen LogP contribution in [0.4, 0.5) is 0 Å². The van der Waals surface area contributed by atoms with Crippen LogP contribution in [0.1, 0.15) is 25.5 Å². The molecule has 86 valence electrons. The molecule has 3 nitrogen and oxygen atoms in total. The topological polar surface area (TPSA) is 38.3 Å². The molecule has 0 heterocycles. The standard InChI is InChI=1S/C13H17NO2/c1-4-7-13(15)14-10(2)11-8-5-6-9-12(11)16-3/h4-10H,1-3H3,(H,14,15)/b7-4+/t10-/m0/s1. The van der Waals surface area contributed by atoms with Crippen LogP contribution in [-0.2, 0) is 4.79 Å². The first-order valence-electron chi connectivity index (χ1n) is 5.25. The van der Waals surface area contributed by atoms with E-state index in [-0.39, 0.29) is 11.9 Å². The lowest BCUT2D eigenvalue weighted by molar-refractivity contribution is -0.117. The Balaban J connectivity index is 2.79. The van der Waals surface area contributed by atoms with Crippen LogP contribution in [0.25, 0.3) is 0 Å². The smallest absolute Gasteiger partial charge is 0.244 e. The first-order chi connectivity index (χ1) is 7.69. The number of carbonyl (C=O) groups excluding carboxylic acids is 1. The molecule has 0 unspecified atom stereocenters. The number of benzene rings is 1. The zero-order valence-electron chi connectivity index (χ0n) is 9.86. The molecular weight excluding hydrogens is 202 g/mol. The van der Waals surface area contributed by atoms with Crippen LogP contribution in [-0.4, -0.2) is 13.0 Å². The Bertz CT molecular complexity index is 385. The Hall–Kier alpha value is -1.77. The van der Waals surface area contributed by atoms with Crippen molar-refractivity contribution in [2.75, 3.05) is 7.11 Å². The van der Waals surface area contributed by atoms with Gasteiger partial charge in [0.15, 0.2) is 0 Å². The van der Waals surface area contributed by atoms with Crippen LogP contribution in [0.5, 0.6) is 5.75 Å². The first-order valence-corrected chi connectivity index (χ1v) is 5.25. The molecule has 1 N–H and O–H groups in total. The maximum atomic E-state index is 11.4. The summed E-state index contributed by atoms with van der Waals surface area (Å²) in [6.45, 7) is 3.74. The van der Waals surface area contributed by atoms with Gasteiger partial charge in [-0.3, -0.25) is 4.79 Å². The molecule has 0 saturated heterocycles. The van der Waals surface area contributed by atoms with Gasteiger partial charge >= 0.3 is 0 Å². The highest BCUT2D eigenvalue weighted by Gasteiger charge is 2.11. The quantitative estimate of drug-likeness (QED) is 0.790. The Morgan fingerprint density at radius 3 is 2.75 bits per heavy atom. The molecular formula is C13H17NO2. The highest BCUT2D eigenvalue weighted by atomic mass is 16.5. The van der Waals surface area contributed by atoms with Crippen molar-refractivity contribution in [1.29, 1.82) is 0 Å². The monoisotopic (exact) mass is 219 g/mol. The molecule has 1 atom stereocenters. The Labute approximate surface area is 96.1 Å². The predicted octanol–water partition coefficient (Wildman–Crippen LogP) is 2.45. The number of carbonyl (C=O) groups is 1. The normalized spacial score (nSPS) is 12.4. The molecule has 0 aromatic heterocycles. The molecule has 0 aliphatic rings. The third-order valence-corrected chi connectivity index (χ3v) is 2.28. The molecule has 0 aliphatic carbocycles. The Morgan fingerprint density at radius 1 is 1.44 bits per heavy atom. The van der Waals surface area contributed by atoms with Gasteiger partial charge in [-0.1, -0.05) is 24.3 Å². The minimum atomic E-state index is -0.0964. The number of rotatable bonds is 4. The van der Waals surface area contributed by atoms with Crippen LogP contribution in [0.2, 0.25) is 0 Å². The lowest BCUT2D eigenvalue weighted by atomic mass is 10.1. The van der Waals surface area contributed by atoms with Crippen molar-refractivity contribution in [2.45, 2.75) is 19.9 Å². The highest BCUT2D eigenvalue weighted by molar-refractivity contribution is 5.87. The van der Waals surface area contributed by atoms with Crippen molar-refractivity contribution >= 4 is 5.91 Å². The molecule has 1 aromatic carbocycles. The number of nitrogens with one attached hydrogen (secondary N) is 1. The maximum Gasteiger partial charge on any atom is 0.244 e.